The van der Waals surface area contributed by atoms with Gasteiger partial charge in [-0.3, -0.25) is 0 Å². The van der Waals surface area contributed by atoms with Crippen molar-refractivity contribution in [1.82, 2.24) is 0 Å². The van der Waals surface area contributed by atoms with Gasteiger partial charge in [-0.15, -0.1) is 0 Å². The van der Waals surface area contributed by atoms with E-state index < -0.39 is 18.1 Å². The molecule has 18 heavy (non-hydrogen) atoms. The third-order valence-corrected chi connectivity index (χ3v) is 3.11. The van der Waals surface area contributed by atoms with E-state index in [-0.39, 0.29) is 12.5 Å². The van der Waals surface area contributed by atoms with Crippen LogP contribution in [0.15, 0.2) is 24.3 Å². The molecule has 0 fully saturated rings. The molecule has 0 amide bonds. The molecule has 2 atom stereocenters. The standard InChI is InChI=1S/C13H18INO3/c1-8(2)7-18-13(17)12(16)11(15)9-3-5-10(14)6-4-9/h3-6,8,11-12,16H,7,15H2,1-2H3/t11-,12-/m0/s1. The number of ether oxygens (including phenoxy) is 1. The van der Waals surface area contributed by atoms with Crippen molar-refractivity contribution in [2.75, 3.05) is 6.61 Å². The SMILES string of the molecule is CC(C)COC(=O)[C@@H](O)[C@@H](N)c1ccc(I)cc1. The summed E-state index contributed by atoms with van der Waals surface area (Å²) in [6.45, 7) is 4.15. The highest BCUT2D eigenvalue weighted by atomic mass is 127. The lowest BCUT2D eigenvalue weighted by Gasteiger charge is -2.18. The summed E-state index contributed by atoms with van der Waals surface area (Å²) in [4.78, 5) is 11.6. The van der Waals surface area contributed by atoms with E-state index in [9.17, 15) is 9.90 Å². The monoisotopic (exact) mass is 363 g/mol. The largest absolute Gasteiger partial charge is 0.463 e. The third kappa shape index (κ3) is 4.55. The Hall–Kier alpha value is -0.660. The van der Waals surface area contributed by atoms with Crippen molar-refractivity contribution in [3.05, 3.63) is 33.4 Å². The first-order chi connectivity index (χ1) is 8.41. The molecule has 1 aromatic carbocycles. The predicted molar refractivity (Wildman–Crippen MR) is 77.9 cm³/mol. The van der Waals surface area contributed by atoms with Crippen molar-refractivity contribution in [3.8, 4) is 0 Å². The lowest BCUT2D eigenvalue weighted by Crippen LogP contribution is -2.35. The zero-order chi connectivity index (χ0) is 13.7. The van der Waals surface area contributed by atoms with Gasteiger partial charge in [-0.2, -0.15) is 0 Å². The van der Waals surface area contributed by atoms with Crippen LogP contribution in [0.25, 0.3) is 0 Å². The van der Waals surface area contributed by atoms with Crippen LogP contribution in [0.1, 0.15) is 25.5 Å². The summed E-state index contributed by atoms with van der Waals surface area (Å²) in [6.07, 6.45) is -1.33. The van der Waals surface area contributed by atoms with Crippen molar-refractivity contribution >= 4 is 28.6 Å². The lowest BCUT2D eigenvalue weighted by molar-refractivity contribution is -0.155. The van der Waals surface area contributed by atoms with Gasteiger partial charge in [0.2, 0.25) is 0 Å². The summed E-state index contributed by atoms with van der Waals surface area (Å²) >= 11 is 2.18. The summed E-state index contributed by atoms with van der Waals surface area (Å²) in [5, 5.41) is 9.82. The van der Waals surface area contributed by atoms with Crippen LogP contribution in [0.4, 0.5) is 0 Å². The summed E-state index contributed by atoms with van der Waals surface area (Å²) in [5.74, 6) is -0.439. The van der Waals surface area contributed by atoms with Gasteiger partial charge in [-0.1, -0.05) is 26.0 Å². The lowest BCUT2D eigenvalue weighted by atomic mass is 10.0. The van der Waals surface area contributed by atoms with E-state index >= 15 is 0 Å². The van der Waals surface area contributed by atoms with Gasteiger partial charge in [0, 0.05) is 3.57 Å². The van der Waals surface area contributed by atoms with Crippen molar-refractivity contribution in [2.45, 2.75) is 26.0 Å². The van der Waals surface area contributed by atoms with Crippen molar-refractivity contribution in [3.63, 3.8) is 0 Å². The summed E-state index contributed by atoms with van der Waals surface area (Å²) < 4.78 is 6.03. The van der Waals surface area contributed by atoms with Gasteiger partial charge in [0.15, 0.2) is 6.10 Å². The highest BCUT2D eigenvalue weighted by Crippen LogP contribution is 2.17. The van der Waals surface area contributed by atoms with E-state index in [1.165, 1.54) is 0 Å². The maximum atomic E-state index is 11.6. The molecule has 0 saturated heterocycles. The van der Waals surface area contributed by atoms with Crippen LogP contribution in [0, 0.1) is 9.49 Å². The molecule has 0 aromatic heterocycles. The minimum absolute atomic E-state index is 0.232. The fourth-order valence-corrected chi connectivity index (χ4v) is 1.71. The van der Waals surface area contributed by atoms with Crippen LogP contribution in [-0.2, 0) is 9.53 Å². The van der Waals surface area contributed by atoms with E-state index in [4.69, 9.17) is 10.5 Å². The van der Waals surface area contributed by atoms with E-state index in [0.29, 0.717) is 5.56 Å². The zero-order valence-corrected chi connectivity index (χ0v) is 12.6. The van der Waals surface area contributed by atoms with E-state index in [1.807, 2.05) is 26.0 Å². The molecule has 0 heterocycles. The van der Waals surface area contributed by atoms with Crippen LogP contribution in [0.3, 0.4) is 0 Å². The highest BCUT2D eigenvalue weighted by Gasteiger charge is 2.25. The Kier molecular flexibility index (Phi) is 6.04. The molecule has 5 heteroatoms. The molecule has 4 nitrogen and oxygen atoms in total. The number of rotatable bonds is 5. The molecule has 0 aliphatic carbocycles. The highest BCUT2D eigenvalue weighted by molar-refractivity contribution is 14.1. The van der Waals surface area contributed by atoms with Crippen molar-refractivity contribution in [2.24, 2.45) is 11.7 Å². The van der Waals surface area contributed by atoms with E-state index in [2.05, 4.69) is 22.6 Å². The molecular weight excluding hydrogens is 345 g/mol. The predicted octanol–water partition coefficient (Wildman–Crippen LogP) is 1.85. The fourth-order valence-electron chi connectivity index (χ4n) is 1.35. The number of hydrogen-bond donors (Lipinski definition) is 2. The Morgan fingerprint density at radius 2 is 1.94 bits per heavy atom. The van der Waals surface area contributed by atoms with Gasteiger partial charge in [0.05, 0.1) is 12.6 Å². The Balaban J connectivity index is 2.62. The van der Waals surface area contributed by atoms with E-state index in [1.54, 1.807) is 12.1 Å². The smallest absolute Gasteiger partial charge is 0.336 e. The molecule has 1 rings (SSSR count). The van der Waals surface area contributed by atoms with Gasteiger partial charge in [-0.25, -0.2) is 4.79 Å². The number of benzene rings is 1. The summed E-state index contributed by atoms with van der Waals surface area (Å²) in [6, 6.07) is 6.59. The van der Waals surface area contributed by atoms with Gasteiger partial charge >= 0.3 is 5.97 Å². The van der Waals surface area contributed by atoms with Crippen molar-refractivity contribution < 1.29 is 14.6 Å². The number of carbonyl (C=O) groups is 1. The Morgan fingerprint density at radius 1 is 1.39 bits per heavy atom. The van der Waals surface area contributed by atoms with Crippen molar-refractivity contribution in [1.29, 1.82) is 0 Å². The minimum atomic E-state index is -1.33. The fraction of sp³-hybridized carbons (Fsp3) is 0.462. The Bertz CT molecular complexity index is 392. The molecule has 0 spiro atoms. The molecule has 1 aromatic rings. The number of hydrogen-bond acceptors (Lipinski definition) is 4. The van der Waals surface area contributed by atoms with Crippen LogP contribution >= 0.6 is 22.6 Å². The Morgan fingerprint density at radius 3 is 2.44 bits per heavy atom. The molecule has 0 aliphatic heterocycles. The molecule has 0 bridgehead atoms. The second kappa shape index (κ2) is 7.06. The summed E-state index contributed by atoms with van der Waals surface area (Å²) in [5.41, 5.74) is 6.56. The van der Waals surface area contributed by atoms with Gasteiger partial charge in [-0.05, 0) is 46.2 Å². The normalized spacial score (nSPS) is 14.3. The van der Waals surface area contributed by atoms with Gasteiger partial charge in [0.1, 0.15) is 0 Å². The quantitative estimate of drug-likeness (QED) is 0.619. The molecular formula is C13H18INO3. The second-order valence-electron chi connectivity index (χ2n) is 4.55. The number of aliphatic hydroxyl groups excluding tert-OH is 1. The van der Waals surface area contributed by atoms with Gasteiger partial charge < -0.3 is 15.6 Å². The first-order valence-electron chi connectivity index (χ1n) is 5.77. The molecule has 0 unspecified atom stereocenters. The van der Waals surface area contributed by atoms with Crippen LogP contribution < -0.4 is 5.73 Å². The first-order valence-corrected chi connectivity index (χ1v) is 6.85. The third-order valence-electron chi connectivity index (χ3n) is 2.40. The van der Waals surface area contributed by atoms with Crippen LogP contribution in [0.5, 0.6) is 0 Å². The van der Waals surface area contributed by atoms with Crippen LogP contribution in [-0.4, -0.2) is 23.8 Å². The first kappa shape index (κ1) is 15.4. The molecule has 0 saturated carbocycles. The molecule has 0 aliphatic rings. The Labute approximate surface area is 121 Å². The summed E-state index contributed by atoms with van der Waals surface area (Å²) in [7, 11) is 0. The molecule has 100 valence electrons. The average Bonchev–Trinajstić information content (AvgIpc) is 2.35. The number of nitrogens with two attached hydrogens (primary N) is 1. The van der Waals surface area contributed by atoms with E-state index in [0.717, 1.165) is 3.57 Å². The number of aliphatic hydroxyl groups is 1. The number of halogens is 1. The second-order valence-corrected chi connectivity index (χ2v) is 5.79. The minimum Gasteiger partial charge on any atom is -0.463 e. The number of esters is 1. The average molecular weight is 363 g/mol. The van der Waals surface area contributed by atoms with Crippen LogP contribution in [0.2, 0.25) is 0 Å². The maximum Gasteiger partial charge on any atom is 0.336 e. The van der Waals surface area contributed by atoms with Gasteiger partial charge in [0.25, 0.3) is 0 Å². The topological polar surface area (TPSA) is 72.5 Å². The molecule has 3 N–H and O–H groups in total. The molecule has 0 radical (unpaired) electrons. The zero-order valence-electron chi connectivity index (χ0n) is 10.5. The number of carbonyl (C=O) groups excluding carboxylic acids is 1. The maximum absolute atomic E-state index is 11.6.